The molecule has 0 amide bonds. The molecule has 19 heavy (non-hydrogen) atoms. The monoisotopic (exact) mass is 261 g/mol. The third-order valence-electron chi connectivity index (χ3n) is 4.76. The zero-order valence-electron chi connectivity index (χ0n) is 11.5. The summed E-state index contributed by atoms with van der Waals surface area (Å²) < 4.78 is 0. The Bertz CT molecular complexity index is 441. The van der Waals surface area contributed by atoms with Crippen LogP contribution < -0.4 is 5.32 Å². The van der Waals surface area contributed by atoms with Crippen molar-refractivity contribution in [3.63, 3.8) is 0 Å². The second-order valence-electron chi connectivity index (χ2n) is 6.07. The molecule has 0 radical (unpaired) electrons. The topological polar surface area (TPSA) is 58.0 Å². The van der Waals surface area contributed by atoms with E-state index in [-0.39, 0.29) is 12.0 Å². The molecule has 2 aliphatic rings. The van der Waals surface area contributed by atoms with E-state index in [1.807, 2.05) is 0 Å². The highest BCUT2D eigenvalue weighted by Gasteiger charge is 2.31. The summed E-state index contributed by atoms with van der Waals surface area (Å²) >= 11 is 0. The Kier molecular flexibility index (Phi) is 3.69. The van der Waals surface area contributed by atoms with Crippen LogP contribution in [0.4, 0.5) is 5.82 Å². The highest BCUT2D eigenvalue weighted by atomic mass is 16.3. The second-order valence-corrected chi connectivity index (χ2v) is 6.07. The first-order valence-corrected chi connectivity index (χ1v) is 7.50. The predicted octanol–water partition coefficient (Wildman–Crippen LogP) is 2.32. The van der Waals surface area contributed by atoms with Crippen molar-refractivity contribution in [2.45, 2.75) is 51.4 Å². The molecular formula is C15H23N3O. The van der Waals surface area contributed by atoms with Crippen molar-refractivity contribution >= 4 is 5.82 Å². The van der Waals surface area contributed by atoms with E-state index >= 15 is 0 Å². The molecule has 0 atom stereocenters. The number of hydrogen-bond donors (Lipinski definition) is 2. The summed E-state index contributed by atoms with van der Waals surface area (Å²) in [6.07, 6.45) is 11.1. The molecule has 0 unspecified atom stereocenters. The SMILES string of the molecule is OCC1(CNc2ncnc3c2CCC3)CCCCC1. The Balaban J connectivity index is 1.70. The molecule has 4 heteroatoms. The van der Waals surface area contributed by atoms with Crippen molar-refractivity contribution in [2.24, 2.45) is 5.41 Å². The lowest BCUT2D eigenvalue weighted by Crippen LogP contribution is -2.36. The van der Waals surface area contributed by atoms with Crippen molar-refractivity contribution in [2.75, 3.05) is 18.5 Å². The molecule has 0 bridgehead atoms. The fourth-order valence-electron chi connectivity index (χ4n) is 3.48. The van der Waals surface area contributed by atoms with Gasteiger partial charge in [0.05, 0.1) is 6.61 Å². The smallest absolute Gasteiger partial charge is 0.132 e. The summed E-state index contributed by atoms with van der Waals surface area (Å²) in [6.45, 7) is 1.13. The minimum Gasteiger partial charge on any atom is -0.396 e. The van der Waals surface area contributed by atoms with E-state index in [0.29, 0.717) is 0 Å². The molecule has 1 aromatic rings. The number of nitrogens with one attached hydrogen (secondary N) is 1. The van der Waals surface area contributed by atoms with Gasteiger partial charge in [-0.1, -0.05) is 19.3 Å². The van der Waals surface area contributed by atoms with Gasteiger partial charge in [-0.25, -0.2) is 9.97 Å². The van der Waals surface area contributed by atoms with E-state index in [4.69, 9.17) is 0 Å². The van der Waals surface area contributed by atoms with Gasteiger partial charge in [-0.3, -0.25) is 0 Å². The van der Waals surface area contributed by atoms with Crippen molar-refractivity contribution in [1.82, 2.24) is 9.97 Å². The fraction of sp³-hybridized carbons (Fsp3) is 0.733. The zero-order valence-corrected chi connectivity index (χ0v) is 11.5. The van der Waals surface area contributed by atoms with E-state index in [0.717, 1.165) is 38.0 Å². The van der Waals surface area contributed by atoms with E-state index in [1.165, 1.54) is 36.9 Å². The van der Waals surface area contributed by atoms with Crippen molar-refractivity contribution < 1.29 is 5.11 Å². The molecule has 1 heterocycles. The lowest BCUT2D eigenvalue weighted by Gasteiger charge is -2.36. The minimum absolute atomic E-state index is 0.0642. The first-order valence-electron chi connectivity index (χ1n) is 7.50. The highest BCUT2D eigenvalue weighted by molar-refractivity contribution is 5.48. The molecule has 2 N–H and O–H groups in total. The molecular weight excluding hydrogens is 238 g/mol. The molecule has 2 aliphatic carbocycles. The molecule has 0 spiro atoms. The van der Waals surface area contributed by atoms with Crippen LogP contribution in [0.1, 0.15) is 49.8 Å². The van der Waals surface area contributed by atoms with Crippen LogP contribution in [-0.2, 0) is 12.8 Å². The first kappa shape index (κ1) is 12.9. The number of rotatable bonds is 4. The number of anilines is 1. The number of aromatic nitrogens is 2. The summed E-state index contributed by atoms with van der Waals surface area (Å²) in [5.74, 6) is 1.00. The predicted molar refractivity (Wildman–Crippen MR) is 75.2 cm³/mol. The number of fused-ring (bicyclic) bond motifs is 1. The maximum Gasteiger partial charge on any atom is 0.132 e. The molecule has 3 rings (SSSR count). The number of aliphatic hydroxyl groups excluding tert-OH is 1. The van der Waals surface area contributed by atoms with E-state index < -0.39 is 0 Å². The van der Waals surface area contributed by atoms with Gasteiger partial charge in [0.2, 0.25) is 0 Å². The Hall–Kier alpha value is -1.16. The number of nitrogens with zero attached hydrogens (tertiary/aromatic N) is 2. The standard InChI is InChI=1S/C15H23N3O/c19-10-15(7-2-1-3-8-15)9-16-14-12-5-4-6-13(12)17-11-18-14/h11,19H,1-10H2,(H,16,17,18). The average molecular weight is 261 g/mol. The van der Waals surface area contributed by atoms with Crippen LogP contribution in [0.25, 0.3) is 0 Å². The highest BCUT2D eigenvalue weighted by Crippen LogP contribution is 2.36. The largest absolute Gasteiger partial charge is 0.396 e. The Morgan fingerprint density at radius 2 is 1.95 bits per heavy atom. The molecule has 1 aromatic heterocycles. The maximum absolute atomic E-state index is 9.74. The lowest BCUT2D eigenvalue weighted by atomic mass is 9.74. The van der Waals surface area contributed by atoms with Crippen LogP contribution in [0.15, 0.2) is 6.33 Å². The van der Waals surface area contributed by atoms with Crippen molar-refractivity contribution in [3.8, 4) is 0 Å². The second kappa shape index (κ2) is 5.45. The zero-order chi connectivity index (χ0) is 13.1. The van der Waals surface area contributed by atoms with Gasteiger partial charge in [-0.2, -0.15) is 0 Å². The van der Waals surface area contributed by atoms with Crippen LogP contribution >= 0.6 is 0 Å². The third-order valence-corrected chi connectivity index (χ3v) is 4.76. The first-order chi connectivity index (χ1) is 9.33. The molecule has 0 saturated heterocycles. The lowest BCUT2D eigenvalue weighted by molar-refractivity contribution is 0.0943. The summed E-state index contributed by atoms with van der Waals surface area (Å²) in [5.41, 5.74) is 2.57. The van der Waals surface area contributed by atoms with Crippen LogP contribution in [-0.4, -0.2) is 28.2 Å². The van der Waals surface area contributed by atoms with Crippen LogP contribution in [0.3, 0.4) is 0 Å². The molecule has 1 saturated carbocycles. The van der Waals surface area contributed by atoms with Crippen molar-refractivity contribution in [1.29, 1.82) is 0 Å². The summed E-state index contributed by atoms with van der Waals surface area (Å²) in [4.78, 5) is 8.75. The van der Waals surface area contributed by atoms with Gasteiger partial charge in [0.1, 0.15) is 12.1 Å². The van der Waals surface area contributed by atoms with Gasteiger partial charge in [0, 0.05) is 23.2 Å². The van der Waals surface area contributed by atoms with Crippen LogP contribution in [0.5, 0.6) is 0 Å². The van der Waals surface area contributed by atoms with Crippen LogP contribution in [0.2, 0.25) is 0 Å². The summed E-state index contributed by atoms with van der Waals surface area (Å²) in [6, 6.07) is 0. The van der Waals surface area contributed by atoms with Crippen molar-refractivity contribution in [3.05, 3.63) is 17.6 Å². The fourth-order valence-corrected chi connectivity index (χ4v) is 3.48. The average Bonchev–Trinajstić information content (AvgIpc) is 2.95. The summed E-state index contributed by atoms with van der Waals surface area (Å²) in [7, 11) is 0. The molecule has 0 aliphatic heterocycles. The normalized spacial score (nSPS) is 21.1. The van der Waals surface area contributed by atoms with Gasteiger partial charge in [-0.15, -0.1) is 0 Å². The van der Waals surface area contributed by atoms with Gasteiger partial charge in [-0.05, 0) is 32.1 Å². The third kappa shape index (κ3) is 2.59. The van der Waals surface area contributed by atoms with E-state index in [1.54, 1.807) is 6.33 Å². The number of aryl methyl sites for hydroxylation is 1. The quantitative estimate of drug-likeness (QED) is 0.873. The molecule has 0 aromatic carbocycles. The van der Waals surface area contributed by atoms with E-state index in [9.17, 15) is 5.11 Å². The Morgan fingerprint density at radius 1 is 1.11 bits per heavy atom. The molecule has 4 nitrogen and oxygen atoms in total. The van der Waals surface area contributed by atoms with Crippen LogP contribution in [0, 0.1) is 5.41 Å². The molecule has 104 valence electrons. The van der Waals surface area contributed by atoms with Gasteiger partial charge in [0.25, 0.3) is 0 Å². The van der Waals surface area contributed by atoms with Gasteiger partial charge >= 0.3 is 0 Å². The summed E-state index contributed by atoms with van der Waals surface area (Å²) in [5, 5.41) is 13.2. The van der Waals surface area contributed by atoms with E-state index in [2.05, 4.69) is 15.3 Å². The Morgan fingerprint density at radius 3 is 2.74 bits per heavy atom. The maximum atomic E-state index is 9.74. The minimum atomic E-state index is 0.0642. The number of hydrogen-bond acceptors (Lipinski definition) is 4. The van der Waals surface area contributed by atoms with Gasteiger partial charge in [0.15, 0.2) is 0 Å². The molecule has 1 fully saturated rings. The van der Waals surface area contributed by atoms with Gasteiger partial charge < -0.3 is 10.4 Å². The number of aliphatic hydroxyl groups is 1. The Labute approximate surface area is 114 Å².